The Morgan fingerprint density at radius 2 is 1.68 bits per heavy atom. The summed E-state index contributed by atoms with van der Waals surface area (Å²) >= 11 is 6.53. The Bertz CT molecular complexity index is 1660. The van der Waals surface area contributed by atoms with E-state index < -0.39 is 27.7 Å². The van der Waals surface area contributed by atoms with Crippen LogP contribution in [0.2, 0.25) is 5.02 Å². The molecule has 0 saturated heterocycles. The summed E-state index contributed by atoms with van der Waals surface area (Å²) in [5.41, 5.74) is 3.24. The van der Waals surface area contributed by atoms with Crippen molar-refractivity contribution in [3.05, 3.63) is 104 Å². The molecule has 1 unspecified atom stereocenters. The van der Waals surface area contributed by atoms with Crippen LogP contribution in [0.3, 0.4) is 0 Å². The molecule has 1 atom stereocenters. The molecule has 0 amide bonds. The van der Waals surface area contributed by atoms with Crippen LogP contribution in [0, 0.1) is 20.8 Å². The van der Waals surface area contributed by atoms with Gasteiger partial charge in [0, 0.05) is 22.9 Å². The number of fused-ring (bicyclic) bond motifs is 1. The van der Waals surface area contributed by atoms with Gasteiger partial charge in [0.05, 0.1) is 9.92 Å². The van der Waals surface area contributed by atoms with E-state index in [0.29, 0.717) is 22.9 Å². The van der Waals surface area contributed by atoms with E-state index in [1.54, 1.807) is 32.0 Å². The van der Waals surface area contributed by atoms with E-state index in [1.165, 1.54) is 12.1 Å². The molecule has 4 rings (SSSR count). The zero-order valence-electron chi connectivity index (χ0n) is 21.5. The van der Waals surface area contributed by atoms with Crippen LogP contribution in [0.5, 0.6) is 5.75 Å². The number of aryl methyl sites for hydroxylation is 3. The first-order valence-electron chi connectivity index (χ1n) is 12.1. The molecule has 9 heteroatoms. The number of carbonyl (C=O) groups is 1. The van der Waals surface area contributed by atoms with E-state index in [4.69, 9.17) is 20.8 Å². The van der Waals surface area contributed by atoms with Gasteiger partial charge >= 0.3 is 11.6 Å². The third-order valence-electron chi connectivity index (χ3n) is 6.46. The van der Waals surface area contributed by atoms with Crippen LogP contribution in [0.15, 0.2) is 74.8 Å². The molecule has 7 nitrogen and oxygen atoms in total. The predicted octanol–water partition coefficient (Wildman–Crippen LogP) is 5.62. The van der Waals surface area contributed by atoms with Crippen LogP contribution < -0.4 is 15.1 Å². The summed E-state index contributed by atoms with van der Waals surface area (Å²) in [6.07, 6.45) is 0.545. The molecule has 38 heavy (non-hydrogen) atoms. The van der Waals surface area contributed by atoms with Gasteiger partial charge in [-0.25, -0.2) is 18.0 Å². The number of benzene rings is 3. The Balaban J connectivity index is 1.64. The zero-order valence-corrected chi connectivity index (χ0v) is 23.1. The average Bonchev–Trinajstić information content (AvgIpc) is 2.89. The van der Waals surface area contributed by atoms with E-state index in [2.05, 4.69) is 4.72 Å². The van der Waals surface area contributed by atoms with Gasteiger partial charge in [0.15, 0.2) is 5.75 Å². The highest BCUT2D eigenvalue weighted by Gasteiger charge is 2.28. The smallest absolute Gasteiger partial charge is 0.340 e. The minimum Gasteiger partial charge on any atom is -0.423 e. The summed E-state index contributed by atoms with van der Waals surface area (Å²) in [4.78, 5) is 26.0. The van der Waals surface area contributed by atoms with E-state index in [-0.39, 0.29) is 27.7 Å². The number of hydrogen-bond donors (Lipinski definition) is 1. The first-order valence-corrected chi connectivity index (χ1v) is 14.0. The Kier molecular flexibility index (Phi) is 8.06. The van der Waals surface area contributed by atoms with Crippen molar-refractivity contribution in [1.82, 2.24) is 4.72 Å². The van der Waals surface area contributed by atoms with E-state index in [1.807, 2.05) is 44.2 Å². The Morgan fingerprint density at radius 1 is 1.03 bits per heavy atom. The molecule has 1 N–H and O–H groups in total. The second kappa shape index (κ2) is 11.1. The summed E-state index contributed by atoms with van der Waals surface area (Å²) in [6, 6.07) is 16.3. The Hall–Kier alpha value is -3.46. The monoisotopic (exact) mass is 553 g/mol. The summed E-state index contributed by atoms with van der Waals surface area (Å²) in [6.45, 7) is 6.97. The molecule has 198 valence electrons. The summed E-state index contributed by atoms with van der Waals surface area (Å²) in [5.74, 6) is -0.817. The van der Waals surface area contributed by atoms with Crippen molar-refractivity contribution in [2.75, 3.05) is 0 Å². The fourth-order valence-corrected chi connectivity index (χ4v) is 5.75. The van der Waals surface area contributed by atoms with E-state index >= 15 is 0 Å². The lowest BCUT2D eigenvalue weighted by Crippen LogP contribution is -2.42. The molecule has 0 saturated carbocycles. The number of carbonyl (C=O) groups excluding carboxylic acids is 1. The minimum atomic E-state index is -3.97. The number of halogens is 1. The van der Waals surface area contributed by atoms with Gasteiger partial charge in [0.2, 0.25) is 10.0 Å². The zero-order chi connectivity index (χ0) is 27.6. The highest BCUT2D eigenvalue weighted by molar-refractivity contribution is 7.89. The Morgan fingerprint density at radius 3 is 2.32 bits per heavy atom. The van der Waals surface area contributed by atoms with Crippen LogP contribution in [0.1, 0.15) is 41.2 Å². The van der Waals surface area contributed by atoms with Crippen molar-refractivity contribution >= 4 is 38.6 Å². The lowest BCUT2D eigenvalue weighted by Gasteiger charge is -2.18. The maximum atomic E-state index is 13.0. The van der Waals surface area contributed by atoms with Crippen LogP contribution in [0.4, 0.5) is 0 Å². The van der Waals surface area contributed by atoms with Gasteiger partial charge in [-0.1, -0.05) is 66.6 Å². The van der Waals surface area contributed by atoms with Crippen LogP contribution in [0.25, 0.3) is 11.0 Å². The predicted molar refractivity (Wildman–Crippen MR) is 147 cm³/mol. The first kappa shape index (κ1) is 27.6. The van der Waals surface area contributed by atoms with Crippen molar-refractivity contribution in [2.24, 2.45) is 0 Å². The van der Waals surface area contributed by atoms with Gasteiger partial charge in [0.1, 0.15) is 11.6 Å². The normalized spacial score (nSPS) is 12.4. The van der Waals surface area contributed by atoms with Gasteiger partial charge in [-0.3, -0.25) is 0 Å². The molecule has 0 aliphatic carbocycles. The lowest BCUT2D eigenvalue weighted by atomic mass is 9.98. The SMILES string of the molecule is CCC(NS(=O)(=O)c1ccc(C)cc1)C(=O)Oc1c(Cl)cc2c(C)c(Cc3ccccc3)c(=O)oc2c1C. The topological polar surface area (TPSA) is 103 Å². The highest BCUT2D eigenvalue weighted by atomic mass is 35.5. The summed E-state index contributed by atoms with van der Waals surface area (Å²) in [5, 5.41) is 0.771. The molecular formula is C29H28ClNO6S. The third-order valence-corrected chi connectivity index (χ3v) is 8.23. The molecule has 4 aromatic rings. The fraction of sp³-hybridized carbons (Fsp3) is 0.241. The van der Waals surface area contributed by atoms with E-state index in [0.717, 1.165) is 16.7 Å². The fourth-order valence-electron chi connectivity index (χ4n) is 4.19. The number of ether oxygens (including phenoxy) is 1. The number of esters is 1. The second-order valence-electron chi connectivity index (χ2n) is 9.16. The first-order chi connectivity index (χ1) is 18.0. The maximum absolute atomic E-state index is 13.0. The molecule has 1 aromatic heterocycles. The molecule has 0 aliphatic rings. The minimum absolute atomic E-state index is 0.00973. The Labute approximate surface area is 226 Å². The molecule has 3 aromatic carbocycles. The molecule has 0 fully saturated rings. The number of rotatable bonds is 8. The molecular weight excluding hydrogens is 526 g/mol. The van der Waals surface area contributed by atoms with Crippen molar-refractivity contribution in [3.63, 3.8) is 0 Å². The highest BCUT2D eigenvalue weighted by Crippen LogP contribution is 2.37. The van der Waals surface area contributed by atoms with Crippen LogP contribution in [-0.2, 0) is 21.2 Å². The van der Waals surface area contributed by atoms with Crippen molar-refractivity contribution in [2.45, 2.75) is 51.5 Å². The average molecular weight is 554 g/mol. The van der Waals surface area contributed by atoms with Crippen molar-refractivity contribution in [3.8, 4) is 5.75 Å². The molecule has 0 aliphatic heterocycles. The third kappa shape index (κ3) is 5.67. The van der Waals surface area contributed by atoms with Gasteiger partial charge in [-0.05, 0) is 56.5 Å². The standard InChI is InChI=1S/C29H28ClNO6S/c1-5-25(31-38(34,35)21-13-11-17(2)12-14-21)29(33)37-27-19(4)26-22(16-24(27)30)18(3)23(28(32)36-26)15-20-9-7-6-8-10-20/h6-14,16,25,31H,5,15H2,1-4H3. The van der Waals surface area contributed by atoms with E-state index in [9.17, 15) is 18.0 Å². The number of sulfonamides is 1. The van der Waals surface area contributed by atoms with Gasteiger partial charge in [-0.15, -0.1) is 0 Å². The molecule has 0 bridgehead atoms. The second-order valence-corrected chi connectivity index (χ2v) is 11.3. The van der Waals surface area contributed by atoms with Gasteiger partial charge < -0.3 is 9.15 Å². The molecule has 0 radical (unpaired) electrons. The van der Waals surface area contributed by atoms with Crippen LogP contribution >= 0.6 is 11.6 Å². The van der Waals surface area contributed by atoms with Crippen molar-refractivity contribution < 1.29 is 22.4 Å². The maximum Gasteiger partial charge on any atom is 0.340 e. The molecule has 0 spiro atoms. The number of hydrogen-bond acceptors (Lipinski definition) is 6. The van der Waals surface area contributed by atoms with Gasteiger partial charge in [-0.2, -0.15) is 4.72 Å². The van der Waals surface area contributed by atoms with Crippen LogP contribution in [-0.4, -0.2) is 20.4 Å². The quantitative estimate of drug-likeness (QED) is 0.172. The van der Waals surface area contributed by atoms with Crippen molar-refractivity contribution in [1.29, 1.82) is 0 Å². The molecule has 1 heterocycles. The summed E-state index contributed by atoms with van der Waals surface area (Å²) in [7, 11) is -3.97. The van der Waals surface area contributed by atoms with Gasteiger partial charge in [0.25, 0.3) is 0 Å². The summed E-state index contributed by atoms with van der Waals surface area (Å²) < 4.78 is 39.3. The largest absolute Gasteiger partial charge is 0.423 e. The number of nitrogens with one attached hydrogen (secondary N) is 1. The lowest BCUT2D eigenvalue weighted by molar-refractivity contribution is -0.136.